The van der Waals surface area contributed by atoms with Crippen molar-refractivity contribution in [1.29, 1.82) is 0 Å². The van der Waals surface area contributed by atoms with Gasteiger partial charge in [0.15, 0.2) is 0 Å². The van der Waals surface area contributed by atoms with Crippen LogP contribution in [0.25, 0.3) is 0 Å². The normalized spacial score (nSPS) is 18.5. The van der Waals surface area contributed by atoms with Crippen molar-refractivity contribution < 1.29 is 9.18 Å². The van der Waals surface area contributed by atoms with Crippen molar-refractivity contribution in [3.05, 3.63) is 47.8 Å². The van der Waals surface area contributed by atoms with Crippen LogP contribution >= 0.6 is 24.8 Å². The fourth-order valence-electron chi connectivity index (χ4n) is 3.74. The summed E-state index contributed by atoms with van der Waals surface area (Å²) in [5.74, 6) is 0.976. The summed E-state index contributed by atoms with van der Waals surface area (Å²) < 4.78 is 16.0. The maximum absolute atomic E-state index is 13.9. The lowest BCUT2D eigenvalue weighted by Crippen LogP contribution is -2.31. The average Bonchev–Trinajstić information content (AvgIpc) is 3.22. The number of amides is 1. The largest absolute Gasteiger partial charge is 0.369 e. The predicted octanol–water partition coefficient (Wildman–Crippen LogP) is 2.27. The molecule has 2 aliphatic heterocycles. The first kappa shape index (κ1) is 22.5. The van der Waals surface area contributed by atoms with Crippen LogP contribution in [0.3, 0.4) is 0 Å². The summed E-state index contributed by atoms with van der Waals surface area (Å²) in [7, 11) is 0. The molecular formula is C19H26Cl2FN5O. The Kier molecular flexibility index (Phi) is 8.10. The molecule has 1 aromatic carbocycles. The molecule has 1 amide bonds. The number of hydrogen-bond acceptors (Lipinski definition) is 4. The Morgan fingerprint density at radius 1 is 1.25 bits per heavy atom. The van der Waals surface area contributed by atoms with Crippen LogP contribution in [0.5, 0.6) is 0 Å². The molecule has 0 bridgehead atoms. The zero-order chi connectivity index (χ0) is 17.9. The molecule has 4 rings (SSSR count). The third-order valence-electron chi connectivity index (χ3n) is 5.18. The molecule has 1 unspecified atom stereocenters. The minimum Gasteiger partial charge on any atom is -0.369 e. The molecule has 154 valence electrons. The van der Waals surface area contributed by atoms with Crippen LogP contribution in [0.1, 0.15) is 22.7 Å². The number of rotatable bonds is 4. The molecule has 3 heterocycles. The number of nitrogens with one attached hydrogen (secondary N) is 2. The molecule has 1 saturated heterocycles. The van der Waals surface area contributed by atoms with Gasteiger partial charge in [0, 0.05) is 51.9 Å². The lowest BCUT2D eigenvalue weighted by atomic mass is 10.1. The second kappa shape index (κ2) is 10.1. The number of halogens is 3. The van der Waals surface area contributed by atoms with Gasteiger partial charge in [0.1, 0.15) is 17.3 Å². The highest BCUT2D eigenvalue weighted by Gasteiger charge is 2.25. The van der Waals surface area contributed by atoms with Crippen LogP contribution in [-0.2, 0) is 13.0 Å². The average molecular weight is 430 g/mol. The first-order valence-corrected chi connectivity index (χ1v) is 9.25. The lowest BCUT2D eigenvalue weighted by Gasteiger charge is -2.19. The molecule has 1 atom stereocenters. The first-order chi connectivity index (χ1) is 12.7. The standard InChI is InChI=1S/C19H24FN5O.2ClH/c20-15-3-1-2-4-17(15)24-9-6-14(12-24)11-22-19(26)16-13-25-10-8-21-7-5-18(25)23-16;;/h1-4,13-14,21H,5-12H2,(H,22,26);2*1H. The van der Waals surface area contributed by atoms with E-state index in [1.807, 2.05) is 18.3 Å². The summed E-state index contributed by atoms with van der Waals surface area (Å²) >= 11 is 0. The predicted molar refractivity (Wildman–Crippen MR) is 112 cm³/mol. The second-order valence-electron chi connectivity index (χ2n) is 7.00. The zero-order valence-electron chi connectivity index (χ0n) is 15.6. The van der Waals surface area contributed by atoms with Gasteiger partial charge in [-0.05, 0) is 24.5 Å². The summed E-state index contributed by atoms with van der Waals surface area (Å²) in [6, 6.07) is 6.85. The SMILES string of the molecule is Cl.Cl.O=C(NCC1CCN(c2ccccc2F)C1)c1cn2c(n1)CCNCC2. The van der Waals surface area contributed by atoms with Crippen molar-refractivity contribution in [2.24, 2.45) is 5.92 Å². The Morgan fingerprint density at radius 3 is 2.89 bits per heavy atom. The number of imidazole rings is 1. The number of benzene rings is 1. The van der Waals surface area contributed by atoms with Gasteiger partial charge in [0.2, 0.25) is 0 Å². The van der Waals surface area contributed by atoms with Crippen molar-refractivity contribution in [2.45, 2.75) is 19.4 Å². The summed E-state index contributed by atoms with van der Waals surface area (Å²) in [5.41, 5.74) is 1.14. The van der Waals surface area contributed by atoms with Gasteiger partial charge in [0.05, 0.1) is 5.69 Å². The van der Waals surface area contributed by atoms with Crippen molar-refractivity contribution in [1.82, 2.24) is 20.2 Å². The highest BCUT2D eigenvalue weighted by Crippen LogP contribution is 2.25. The van der Waals surface area contributed by atoms with Crippen LogP contribution in [0.2, 0.25) is 0 Å². The van der Waals surface area contributed by atoms with Gasteiger partial charge in [-0.1, -0.05) is 12.1 Å². The smallest absolute Gasteiger partial charge is 0.271 e. The lowest BCUT2D eigenvalue weighted by molar-refractivity contribution is 0.0943. The molecule has 2 N–H and O–H groups in total. The number of fused-ring (bicyclic) bond motifs is 1. The van der Waals surface area contributed by atoms with E-state index in [0.717, 1.165) is 51.4 Å². The van der Waals surface area contributed by atoms with Crippen molar-refractivity contribution in [3.8, 4) is 0 Å². The number of nitrogens with zero attached hydrogens (tertiary/aromatic N) is 3. The van der Waals surface area contributed by atoms with E-state index in [4.69, 9.17) is 0 Å². The van der Waals surface area contributed by atoms with E-state index in [1.165, 1.54) is 6.07 Å². The van der Waals surface area contributed by atoms with Crippen molar-refractivity contribution >= 4 is 36.4 Å². The van der Waals surface area contributed by atoms with Crippen LogP contribution in [0.15, 0.2) is 30.5 Å². The molecule has 6 nitrogen and oxygen atoms in total. The van der Waals surface area contributed by atoms with Gasteiger partial charge in [-0.25, -0.2) is 9.37 Å². The number of anilines is 1. The number of carbonyl (C=O) groups excluding carboxylic acids is 1. The van der Waals surface area contributed by atoms with E-state index in [2.05, 4.69) is 25.1 Å². The third-order valence-corrected chi connectivity index (χ3v) is 5.18. The Morgan fingerprint density at radius 2 is 2.07 bits per heavy atom. The quantitative estimate of drug-likeness (QED) is 0.782. The number of carbonyl (C=O) groups is 1. The van der Waals surface area contributed by atoms with E-state index in [1.54, 1.807) is 6.07 Å². The Labute approximate surface area is 176 Å². The Bertz CT molecular complexity index is 777. The van der Waals surface area contributed by atoms with Crippen LogP contribution in [0.4, 0.5) is 10.1 Å². The minimum absolute atomic E-state index is 0. The van der Waals surface area contributed by atoms with E-state index in [0.29, 0.717) is 23.8 Å². The van der Waals surface area contributed by atoms with Crippen LogP contribution < -0.4 is 15.5 Å². The zero-order valence-corrected chi connectivity index (χ0v) is 17.2. The number of aromatic nitrogens is 2. The second-order valence-corrected chi connectivity index (χ2v) is 7.00. The molecule has 2 aliphatic rings. The molecule has 0 spiro atoms. The van der Waals surface area contributed by atoms with Crippen molar-refractivity contribution in [2.75, 3.05) is 37.6 Å². The van der Waals surface area contributed by atoms with E-state index in [9.17, 15) is 9.18 Å². The topological polar surface area (TPSA) is 62.2 Å². The molecule has 0 aliphatic carbocycles. The van der Waals surface area contributed by atoms with Gasteiger partial charge in [0.25, 0.3) is 5.91 Å². The van der Waals surface area contributed by atoms with Crippen LogP contribution in [-0.4, -0.2) is 48.2 Å². The summed E-state index contributed by atoms with van der Waals surface area (Å²) in [6.07, 6.45) is 3.63. The maximum Gasteiger partial charge on any atom is 0.271 e. The van der Waals surface area contributed by atoms with Gasteiger partial charge >= 0.3 is 0 Å². The van der Waals surface area contributed by atoms with Gasteiger partial charge in [-0.2, -0.15) is 0 Å². The Balaban J connectivity index is 0.00000140. The highest BCUT2D eigenvalue weighted by molar-refractivity contribution is 5.92. The number of para-hydroxylation sites is 1. The fraction of sp³-hybridized carbons (Fsp3) is 0.474. The summed E-state index contributed by atoms with van der Waals surface area (Å²) in [4.78, 5) is 19.0. The fourth-order valence-corrected chi connectivity index (χ4v) is 3.74. The summed E-state index contributed by atoms with van der Waals surface area (Å²) in [5, 5.41) is 6.32. The maximum atomic E-state index is 13.9. The van der Waals surface area contributed by atoms with Gasteiger partial charge < -0.3 is 20.1 Å². The monoisotopic (exact) mass is 429 g/mol. The summed E-state index contributed by atoms with van der Waals surface area (Å²) in [6.45, 7) is 4.80. The molecule has 0 saturated carbocycles. The molecule has 1 aromatic heterocycles. The van der Waals surface area contributed by atoms with E-state index < -0.39 is 0 Å². The Hall–Kier alpha value is -1.83. The first-order valence-electron chi connectivity index (χ1n) is 9.25. The van der Waals surface area contributed by atoms with Gasteiger partial charge in [-0.3, -0.25) is 4.79 Å². The molecule has 1 fully saturated rings. The molecule has 9 heteroatoms. The third kappa shape index (κ3) is 4.96. The van der Waals surface area contributed by atoms with E-state index in [-0.39, 0.29) is 36.5 Å². The van der Waals surface area contributed by atoms with Gasteiger partial charge in [-0.15, -0.1) is 24.8 Å². The molecule has 28 heavy (non-hydrogen) atoms. The van der Waals surface area contributed by atoms with E-state index >= 15 is 0 Å². The molecule has 2 aromatic rings. The number of hydrogen-bond donors (Lipinski definition) is 2. The molecule has 0 radical (unpaired) electrons. The van der Waals surface area contributed by atoms with Crippen molar-refractivity contribution in [3.63, 3.8) is 0 Å². The van der Waals surface area contributed by atoms with Crippen LogP contribution in [0, 0.1) is 11.7 Å². The highest BCUT2D eigenvalue weighted by atomic mass is 35.5. The molecular weight excluding hydrogens is 404 g/mol. The minimum atomic E-state index is -0.189.